The average Bonchev–Trinajstić information content (AvgIpc) is 3.09. The summed E-state index contributed by atoms with van der Waals surface area (Å²) in [7, 11) is 0. The number of nitrogens with zero attached hydrogens (tertiary/aromatic N) is 2. The molecule has 172 valence electrons. The fraction of sp³-hybridized carbons (Fsp3) is 0.387. The first kappa shape index (κ1) is 21.4. The smallest absolute Gasteiger partial charge is 0.123 e. The number of hydrogen-bond donors (Lipinski definition) is 0. The van der Waals surface area contributed by atoms with Crippen molar-refractivity contribution >= 4 is 11.6 Å². The zero-order valence-corrected chi connectivity index (χ0v) is 20.0. The Labute approximate surface area is 201 Å². The summed E-state index contributed by atoms with van der Waals surface area (Å²) in [5.74, 6) is 2.51. The van der Waals surface area contributed by atoms with Gasteiger partial charge in [-0.25, -0.2) is 4.39 Å². The lowest BCUT2D eigenvalue weighted by molar-refractivity contribution is -0.00518. The van der Waals surface area contributed by atoms with Crippen molar-refractivity contribution in [1.29, 1.82) is 5.26 Å². The van der Waals surface area contributed by atoms with Gasteiger partial charge in [-0.1, -0.05) is 24.3 Å². The highest BCUT2D eigenvalue weighted by molar-refractivity contribution is 5.90. The van der Waals surface area contributed by atoms with E-state index in [2.05, 4.69) is 54.8 Å². The number of halogens is 1. The van der Waals surface area contributed by atoms with Crippen molar-refractivity contribution in [3.8, 4) is 11.8 Å². The van der Waals surface area contributed by atoms with Crippen LogP contribution in [0.4, 0.5) is 4.39 Å². The van der Waals surface area contributed by atoms with Crippen LogP contribution in [0.5, 0.6) is 0 Å². The third-order valence-electron chi connectivity index (χ3n) is 8.80. The minimum atomic E-state index is -0.330. The van der Waals surface area contributed by atoms with Gasteiger partial charge in [-0.05, 0) is 129 Å². The highest BCUT2D eigenvalue weighted by atomic mass is 19.1. The molecule has 3 heteroatoms. The van der Waals surface area contributed by atoms with Gasteiger partial charge >= 0.3 is 0 Å². The van der Waals surface area contributed by atoms with Gasteiger partial charge in [0.2, 0.25) is 0 Å². The molecule has 4 aliphatic carbocycles. The molecule has 1 aromatic heterocycles. The molecule has 4 bridgehead atoms. The van der Waals surface area contributed by atoms with Crippen LogP contribution < -0.4 is 0 Å². The molecule has 0 saturated heterocycles. The molecule has 0 N–H and O–H groups in total. The zero-order valence-electron chi connectivity index (χ0n) is 20.0. The predicted molar refractivity (Wildman–Crippen MR) is 135 cm³/mol. The third-order valence-corrected chi connectivity index (χ3v) is 8.80. The number of rotatable bonds is 4. The van der Waals surface area contributed by atoms with Crippen molar-refractivity contribution in [2.45, 2.75) is 57.8 Å². The second-order valence-corrected chi connectivity index (χ2v) is 11.1. The molecule has 0 radical (unpaired) electrons. The summed E-state index contributed by atoms with van der Waals surface area (Å²) in [5.41, 5.74) is 7.39. The Balaban J connectivity index is 1.32. The topological polar surface area (TPSA) is 28.7 Å². The normalized spacial score (nSPS) is 27.7. The molecule has 2 aromatic carbocycles. The number of allylic oxidation sites excluding steroid dienone is 1. The molecule has 4 aliphatic rings. The van der Waals surface area contributed by atoms with E-state index in [1.54, 1.807) is 12.1 Å². The standard InChI is InChI=1S/C31H31FN2/c1-20-10-26(14-27(19-33)25-4-3-5-29(32)15-25)21(2)34(20)30-8-6-28(7-9-30)31-16-22-11-23(17-31)13-24(12-22)18-31/h3-10,14-15,22-24H,11-13,16-18H2,1-2H3/b27-14-. The monoisotopic (exact) mass is 450 g/mol. The minimum absolute atomic E-state index is 0.330. The number of nitriles is 1. The molecule has 3 aromatic rings. The van der Waals surface area contributed by atoms with Crippen LogP contribution in [0.25, 0.3) is 17.3 Å². The third kappa shape index (κ3) is 3.52. The number of aryl methyl sites for hydroxylation is 1. The molecule has 34 heavy (non-hydrogen) atoms. The molecule has 0 atom stereocenters. The van der Waals surface area contributed by atoms with Crippen molar-refractivity contribution in [3.63, 3.8) is 0 Å². The second kappa shape index (κ2) is 7.98. The van der Waals surface area contributed by atoms with E-state index in [0.717, 1.165) is 40.4 Å². The molecule has 4 saturated carbocycles. The van der Waals surface area contributed by atoms with Crippen molar-refractivity contribution in [2.75, 3.05) is 0 Å². The fourth-order valence-corrected chi connectivity index (χ4v) is 7.75. The second-order valence-electron chi connectivity index (χ2n) is 11.1. The minimum Gasteiger partial charge on any atom is -0.318 e. The first-order chi connectivity index (χ1) is 16.4. The van der Waals surface area contributed by atoms with Gasteiger partial charge in [0.15, 0.2) is 0 Å². The summed E-state index contributed by atoms with van der Waals surface area (Å²) in [6, 6.07) is 19.9. The lowest BCUT2D eigenvalue weighted by atomic mass is 9.48. The van der Waals surface area contributed by atoms with Crippen molar-refractivity contribution < 1.29 is 4.39 Å². The molecule has 7 rings (SSSR count). The van der Waals surface area contributed by atoms with E-state index < -0.39 is 0 Å². The molecule has 0 unspecified atom stereocenters. The summed E-state index contributed by atoms with van der Waals surface area (Å²) in [5, 5.41) is 9.72. The van der Waals surface area contributed by atoms with Gasteiger partial charge in [-0.15, -0.1) is 0 Å². The molecule has 1 heterocycles. The van der Waals surface area contributed by atoms with Crippen molar-refractivity contribution in [3.05, 3.63) is 88.5 Å². The van der Waals surface area contributed by atoms with Gasteiger partial charge in [0, 0.05) is 17.1 Å². The quantitative estimate of drug-likeness (QED) is 0.373. The van der Waals surface area contributed by atoms with Crippen LogP contribution in [0.2, 0.25) is 0 Å². The van der Waals surface area contributed by atoms with Crippen LogP contribution in [0.1, 0.15) is 66.6 Å². The van der Waals surface area contributed by atoms with E-state index in [1.807, 2.05) is 6.08 Å². The Hall–Kier alpha value is -3.12. The lowest BCUT2D eigenvalue weighted by Gasteiger charge is -2.57. The summed E-state index contributed by atoms with van der Waals surface area (Å²) in [6.07, 6.45) is 10.4. The average molecular weight is 451 g/mol. The lowest BCUT2D eigenvalue weighted by Crippen LogP contribution is -2.48. The van der Waals surface area contributed by atoms with Crippen molar-refractivity contribution in [2.24, 2.45) is 17.8 Å². The van der Waals surface area contributed by atoms with Crippen LogP contribution in [-0.4, -0.2) is 4.57 Å². The fourth-order valence-electron chi connectivity index (χ4n) is 7.75. The molecule has 0 amide bonds. The SMILES string of the molecule is Cc1cc(/C=C(/C#N)c2cccc(F)c2)c(C)n1-c1ccc(C23CC4CC(CC(C4)C2)C3)cc1. The van der Waals surface area contributed by atoms with Gasteiger partial charge in [0.25, 0.3) is 0 Å². The molecule has 0 spiro atoms. The van der Waals surface area contributed by atoms with Gasteiger partial charge in [0.1, 0.15) is 5.82 Å². The Morgan fingerprint density at radius 3 is 2.21 bits per heavy atom. The van der Waals surface area contributed by atoms with E-state index in [1.165, 1.54) is 56.2 Å². The number of benzene rings is 2. The van der Waals surface area contributed by atoms with E-state index >= 15 is 0 Å². The molecule has 0 aliphatic heterocycles. The number of hydrogen-bond acceptors (Lipinski definition) is 1. The maximum atomic E-state index is 13.7. The molecule has 4 fully saturated rings. The summed E-state index contributed by atoms with van der Waals surface area (Å²) < 4.78 is 16.0. The number of aromatic nitrogens is 1. The van der Waals surface area contributed by atoms with Gasteiger partial charge in [-0.3, -0.25) is 0 Å². The van der Waals surface area contributed by atoms with E-state index in [0.29, 0.717) is 16.6 Å². The van der Waals surface area contributed by atoms with Crippen LogP contribution in [0.15, 0.2) is 54.6 Å². The van der Waals surface area contributed by atoms with E-state index in [-0.39, 0.29) is 5.82 Å². The Morgan fingerprint density at radius 2 is 1.62 bits per heavy atom. The Morgan fingerprint density at radius 1 is 0.971 bits per heavy atom. The van der Waals surface area contributed by atoms with Crippen LogP contribution >= 0.6 is 0 Å². The first-order valence-electron chi connectivity index (χ1n) is 12.6. The summed E-state index contributed by atoms with van der Waals surface area (Å²) in [4.78, 5) is 0. The van der Waals surface area contributed by atoms with Crippen molar-refractivity contribution in [1.82, 2.24) is 4.57 Å². The van der Waals surface area contributed by atoms with Gasteiger partial charge < -0.3 is 4.57 Å². The molecular weight excluding hydrogens is 419 g/mol. The summed E-state index contributed by atoms with van der Waals surface area (Å²) in [6.45, 7) is 4.19. The summed E-state index contributed by atoms with van der Waals surface area (Å²) >= 11 is 0. The molecular formula is C31H31FN2. The Kier molecular flexibility index (Phi) is 5.03. The van der Waals surface area contributed by atoms with Crippen LogP contribution in [0, 0.1) is 48.7 Å². The van der Waals surface area contributed by atoms with E-state index in [9.17, 15) is 9.65 Å². The zero-order chi connectivity index (χ0) is 23.4. The van der Waals surface area contributed by atoms with E-state index in [4.69, 9.17) is 0 Å². The first-order valence-corrected chi connectivity index (χ1v) is 12.6. The maximum Gasteiger partial charge on any atom is 0.123 e. The molecule has 2 nitrogen and oxygen atoms in total. The predicted octanol–water partition coefficient (Wildman–Crippen LogP) is 7.77. The van der Waals surface area contributed by atoms with Crippen LogP contribution in [-0.2, 0) is 5.41 Å². The highest BCUT2D eigenvalue weighted by Gasteiger charge is 2.51. The van der Waals surface area contributed by atoms with Gasteiger partial charge in [-0.2, -0.15) is 5.26 Å². The largest absolute Gasteiger partial charge is 0.318 e. The maximum absolute atomic E-state index is 13.7. The Bertz CT molecular complexity index is 1280. The van der Waals surface area contributed by atoms with Gasteiger partial charge in [0.05, 0.1) is 11.6 Å². The van der Waals surface area contributed by atoms with Crippen LogP contribution in [0.3, 0.4) is 0 Å². The highest BCUT2D eigenvalue weighted by Crippen LogP contribution is 2.60.